The lowest BCUT2D eigenvalue weighted by Gasteiger charge is -2.32. The molecular formula is C18H27FN2. The molecule has 0 spiro atoms. The SMILES string of the molecule is CC(Cc1ccccc1F)N(CC1CC1)CC1CCCN1. The van der Waals surface area contributed by atoms with E-state index in [0.717, 1.165) is 31.0 Å². The third-order valence-electron chi connectivity index (χ3n) is 4.90. The Kier molecular flexibility index (Phi) is 4.91. The van der Waals surface area contributed by atoms with Gasteiger partial charge < -0.3 is 5.32 Å². The van der Waals surface area contributed by atoms with Gasteiger partial charge in [0, 0.05) is 25.2 Å². The molecule has 1 saturated carbocycles. The van der Waals surface area contributed by atoms with Gasteiger partial charge in [-0.15, -0.1) is 0 Å². The smallest absolute Gasteiger partial charge is 0.126 e. The van der Waals surface area contributed by atoms with Crippen molar-refractivity contribution in [1.29, 1.82) is 0 Å². The van der Waals surface area contributed by atoms with E-state index < -0.39 is 0 Å². The van der Waals surface area contributed by atoms with Crippen LogP contribution in [0.4, 0.5) is 4.39 Å². The average molecular weight is 290 g/mol. The van der Waals surface area contributed by atoms with Gasteiger partial charge >= 0.3 is 0 Å². The molecule has 2 aliphatic rings. The van der Waals surface area contributed by atoms with Gasteiger partial charge in [-0.1, -0.05) is 18.2 Å². The molecule has 2 atom stereocenters. The van der Waals surface area contributed by atoms with Gasteiger partial charge in [0.25, 0.3) is 0 Å². The first-order valence-corrected chi connectivity index (χ1v) is 8.43. The van der Waals surface area contributed by atoms with Gasteiger partial charge in [-0.3, -0.25) is 4.90 Å². The molecule has 2 nitrogen and oxygen atoms in total. The quantitative estimate of drug-likeness (QED) is 0.829. The van der Waals surface area contributed by atoms with Crippen LogP contribution in [0.3, 0.4) is 0 Å². The summed E-state index contributed by atoms with van der Waals surface area (Å²) >= 11 is 0. The van der Waals surface area contributed by atoms with Gasteiger partial charge in [0.2, 0.25) is 0 Å². The van der Waals surface area contributed by atoms with Crippen LogP contribution in [0.15, 0.2) is 24.3 Å². The van der Waals surface area contributed by atoms with Crippen molar-refractivity contribution >= 4 is 0 Å². The number of hydrogen-bond acceptors (Lipinski definition) is 2. The molecule has 2 unspecified atom stereocenters. The van der Waals surface area contributed by atoms with Crippen LogP contribution in [-0.4, -0.2) is 36.6 Å². The monoisotopic (exact) mass is 290 g/mol. The molecule has 1 aromatic rings. The lowest BCUT2D eigenvalue weighted by Crippen LogP contribution is -2.44. The van der Waals surface area contributed by atoms with Crippen LogP contribution in [0.5, 0.6) is 0 Å². The van der Waals surface area contributed by atoms with E-state index in [1.165, 1.54) is 32.2 Å². The molecular weight excluding hydrogens is 263 g/mol. The van der Waals surface area contributed by atoms with Crippen molar-refractivity contribution in [3.05, 3.63) is 35.6 Å². The van der Waals surface area contributed by atoms with Gasteiger partial charge in [0.05, 0.1) is 0 Å². The minimum Gasteiger partial charge on any atom is -0.313 e. The molecule has 1 aromatic carbocycles. The van der Waals surface area contributed by atoms with Crippen molar-refractivity contribution in [2.75, 3.05) is 19.6 Å². The van der Waals surface area contributed by atoms with Gasteiger partial charge in [0.15, 0.2) is 0 Å². The molecule has 3 rings (SSSR count). The van der Waals surface area contributed by atoms with Crippen molar-refractivity contribution in [3.8, 4) is 0 Å². The summed E-state index contributed by atoms with van der Waals surface area (Å²) in [7, 11) is 0. The Morgan fingerprint density at radius 2 is 2.05 bits per heavy atom. The first-order valence-electron chi connectivity index (χ1n) is 8.43. The predicted molar refractivity (Wildman–Crippen MR) is 84.9 cm³/mol. The molecule has 1 aliphatic carbocycles. The highest BCUT2D eigenvalue weighted by Crippen LogP contribution is 2.31. The van der Waals surface area contributed by atoms with E-state index in [2.05, 4.69) is 17.1 Å². The summed E-state index contributed by atoms with van der Waals surface area (Å²) in [5.74, 6) is 0.823. The Bertz CT molecular complexity index is 452. The normalized spacial score (nSPS) is 23.7. The van der Waals surface area contributed by atoms with E-state index in [1.54, 1.807) is 12.1 Å². The summed E-state index contributed by atoms with van der Waals surface area (Å²) in [6, 6.07) is 8.25. The Hall–Kier alpha value is -0.930. The van der Waals surface area contributed by atoms with Crippen LogP contribution in [-0.2, 0) is 6.42 Å². The molecule has 1 heterocycles. The fourth-order valence-corrected chi connectivity index (χ4v) is 3.37. The summed E-state index contributed by atoms with van der Waals surface area (Å²) in [6.45, 7) is 5.72. The third kappa shape index (κ3) is 4.27. The third-order valence-corrected chi connectivity index (χ3v) is 4.90. The van der Waals surface area contributed by atoms with E-state index >= 15 is 0 Å². The van der Waals surface area contributed by atoms with E-state index in [4.69, 9.17) is 0 Å². The molecule has 3 heteroatoms. The maximum Gasteiger partial charge on any atom is 0.126 e. The summed E-state index contributed by atoms with van der Waals surface area (Å²) in [5.41, 5.74) is 0.852. The first kappa shape index (κ1) is 15.0. The van der Waals surface area contributed by atoms with Crippen molar-refractivity contribution in [2.45, 2.75) is 51.1 Å². The van der Waals surface area contributed by atoms with Crippen LogP contribution < -0.4 is 5.32 Å². The number of benzene rings is 1. The summed E-state index contributed by atoms with van der Waals surface area (Å²) in [4.78, 5) is 2.59. The zero-order valence-corrected chi connectivity index (χ0v) is 13.0. The molecule has 0 bridgehead atoms. The number of halogens is 1. The van der Waals surface area contributed by atoms with Crippen molar-refractivity contribution in [3.63, 3.8) is 0 Å². The summed E-state index contributed by atoms with van der Waals surface area (Å²) in [6.07, 6.45) is 6.14. The number of rotatable bonds is 7. The molecule has 2 fully saturated rings. The standard InChI is InChI=1S/C18H27FN2/c1-14(11-16-5-2-3-7-18(16)19)21(12-15-8-9-15)13-17-6-4-10-20-17/h2-3,5,7,14-15,17,20H,4,6,8-13H2,1H3. The minimum atomic E-state index is -0.0605. The molecule has 0 radical (unpaired) electrons. The van der Waals surface area contributed by atoms with E-state index in [0.29, 0.717) is 12.1 Å². The highest BCUT2D eigenvalue weighted by molar-refractivity contribution is 5.18. The van der Waals surface area contributed by atoms with Gasteiger partial charge in [-0.2, -0.15) is 0 Å². The highest BCUT2D eigenvalue weighted by Gasteiger charge is 2.29. The second-order valence-electron chi connectivity index (χ2n) is 6.84. The fraction of sp³-hybridized carbons (Fsp3) is 0.667. The van der Waals surface area contributed by atoms with Crippen LogP contribution in [0.2, 0.25) is 0 Å². The van der Waals surface area contributed by atoms with Crippen LogP contribution >= 0.6 is 0 Å². The first-order chi connectivity index (χ1) is 10.2. The van der Waals surface area contributed by atoms with Gasteiger partial charge in [-0.25, -0.2) is 4.39 Å². The maximum absolute atomic E-state index is 13.9. The fourth-order valence-electron chi connectivity index (χ4n) is 3.37. The Balaban J connectivity index is 1.61. The molecule has 1 N–H and O–H groups in total. The molecule has 116 valence electrons. The van der Waals surface area contributed by atoms with Crippen LogP contribution in [0.25, 0.3) is 0 Å². The van der Waals surface area contributed by atoms with Gasteiger partial charge in [-0.05, 0) is 63.1 Å². The zero-order valence-electron chi connectivity index (χ0n) is 13.0. The lowest BCUT2D eigenvalue weighted by atomic mass is 10.0. The molecule has 1 aliphatic heterocycles. The lowest BCUT2D eigenvalue weighted by molar-refractivity contribution is 0.181. The largest absolute Gasteiger partial charge is 0.313 e. The zero-order chi connectivity index (χ0) is 14.7. The summed E-state index contributed by atoms with van der Waals surface area (Å²) in [5, 5.41) is 3.60. The average Bonchev–Trinajstić information content (AvgIpc) is 3.14. The second kappa shape index (κ2) is 6.89. The number of nitrogens with one attached hydrogen (secondary N) is 1. The van der Waals surface area contributed by atoms with Crippen LogP contribution in [0, 0.1) is 11.7 Å². The molecule has 0 amide bonds. The van der Waals surface area contributed by atoms with Crippen molar-refractivity contribution in [2.24, 2.45) is 5.92 Å². The van der Waals surface area contributed by atoms with E-state index in [9.17, 15) is 4.39 Å². The predicted octanol–water partition coefficient (Wildman–Crippen LogP) is 3.22. The topological polar surface area (TPSA) is 15.3 Å². The second-order valence-corrected chi connectivity index (χ2v) is 6.84. The molecule has 21 heavy (non-hydrogen) atoms. The Labute approximate surface area is 127 Å². The Morgan fingerprint density at radius 1 is 1.24 bits per heavy atom. The van der Waals surface area contributed by atoms with E-state index in [-0.39, 0.29) is 5.82 Å². The van der Waals surface area contributed by atoms with Crippen molar-refractivity contribution in [1.82, 2.24) is 10.2 Å². The highest BCUT2D eigenvalue weighted by atomic mass is 19.1. The summed E-state index contributed by atoms with van der Waals surface area (Å²) < 4.78 is 13.9. The number of nitrogens with zero attached hydrogens (tertiary/aromatic N) is 1. The van der Waals surface area contributed by atoms with Gasteiger partial charge in [0.1, 0.15) is 5.82 Å². The minimum absolute atomic E-state index is 0.0605. The molecule has 1 saturated heterocycles. The molecule has 0 aromatic heterocycles. The van der Waals surface area contributed by atoms with Crippen molar-refractivity contribution < 1.29 is 4.39 Å². The van der Waals surface area contributed by atoms with E-state index in [1.807, 2.05) is 12.1 Å². The van der Waals surface area contributed by atoms with Crippen LogP contribution in [0.1, 0.15) is 38.2 Å². The maximum atomic E-state index is 13.9. The Morgan fingerprint density at radius 3 is 2.71 bits per heavy atom. The number of hydrogen-bond donors (Lipinski definition) is 1.